The molecule has 1 amide bonds. The molecule has 2 aromatic carbocycles. The molecule has 0 saturated heterocycles. The SMILES string of the molecule is CC[C@H](C(=O)Nc1ccccc1Cl)N(c1ccccc1F)S(C)(=O)=O. The van der Waals surface area contributed by atoms with Gasteiger partial charge in [-0.2, -0.15) is 0 Å². The summed E-state index contributed by atoms with van der Waals surface area (Å²) in [7, 11) is -3.90. The molecule has 2 rings (SSSR count). The van der Waals surface area contributed by atoms with Crippen molar-refractivity contribution in [1.29, 1.82) is 0 Å². The third-order valence-corrected chi connectivity index (χ3v) is 5.05. The van der Waals surface area contributed by atoms with Gasteiger partial charge in [0.15, 0.2) is 0 Å². The zero-order valence-corrected chi connectivity index (χ0v) is 15.3. The summed E-state index contributed by atoms with van der Waals surface area (Å²) >= 11 is 6.02. The highest BCUT2D eigenvalue weighted by molar-refractivity contribution is 7.92. The lowest BCUT2D eigenvalue weighted by Crippen LogP contribution is -2.47. The maximum Gasteiger partial charge on any atom is 0.248 e. The Labute approximate surface area is 151 Å². The number of benzene rings is 2. The number of hydrogen-bond donors (Lipinski definition) is 1. The van der Waals surface area contributed by atoms with Crippen molar-refractivity contribution in [3.8, 4) is 0 Å². The predicted octanol–water partition coefficient (Wildman–Crippen LogP) is 3.66. The molecule has 0 saturated carbocycles. The molecule has 0 spiro atoms. The summed E-state index contributed by atoms with van der Waals surface area (Å²) in [5.74, 6) is -1.32. The molecule has 25 heavy (non-hydrogen) atoms. The van der Waals surface area contributed by atoms with Gasteiger partial charge in [-0.15, -0.1) is 0 Å². The number of hydrogen-bond acceptors (Lipinski definition) is 3. The highest BCUT2D eigenvalue weighted by Gasteiger charge is 2.33. The van der Waals surface area contributed by atoms with E-state index in [1.807, 2.05) is 0 Å². The maximum absolute atomic E-state index is 14.2. The van der Waals surface area contributed by atoms with E-state index in [1.54, 1.807) is 31.2 Å². The van der Waals surface area contributed by atoms with Crippen LogP contribution in [0.25, 0.3) is 0 Å². The molecule has 0 aliphatic carbocycles. The van der Waals surface area contributed by atoms with Gasteiger partial charge in [-0.05, 0) is 30.7 Å². The fourth-order valence-corrected chi connectivity index (χ4v) is 3.84. The maximum atomic E-state index is 14.2. The van der Waals surface area contributed by atoms with Crippen LogP contribution in [0.4, 0.5) is 15.8 Å². The number of rotatable bonds is 6. The molecule has 0 aliphatic rings. The van der Waals surface area contributed by atoms with Gasteiger partial charge in [0.25, 0.3) is 0 Å². The van der Waals surface area contributed by atoms with Gasteiger partial charge in [-0.25, -0.2) is 12.8 Å². The quantitative estimate of drug-likeness (QED) is 0.826. The predicted molar refractivity (Wildman–Crippen MR) is 97.9 cm³/mol. The Kier molecular flexibility index (Phi) is 6.02. The average molecular weight is 385 g/mol. The Balaban J connectivity index is 2.42. The molecule has 0 bridgehead atoms. The standard InChI is InChI=1S/C17H18ClFN2O3S/c1-3-15(17(22)20-14-10-6-4-8-12(14)18)21(25(2,23)24)16-11-7-5-9-13(16)19/h4-11,15H,3H2,1-2H3,(H,20,22)/t15-/m1/s1. The molecule has 0 radical (unpaired) electrons. The second kappa shape index (κ2) is 7.84. The summed E-state index contributed by atoms with van der Waals surface area (Å²) < 4.78 is 39.5. The van der Waals surface area contributed by atoms with Crippen molar-refractivity contribution in [2.75, 3.05) is 15.9 Å². The van der Waals surface area contributed by atoms with Crippen molar-refractivity contribution in [3.05, 3.63) is 59.4 Å². The molecule has 134 valence electrons. The van der Waals surface area contributed by atoms with Crippen molar-refractivity contribution in [2.24, 2.45) is 0 Å². The van der Waals surface area contributed by atoms with Gasteiger partial charge in [0, 0.05) is 0 Å². The molecule has 5 nitrogen and oxygen atoms in total. The summed E-state index contributed by atoms with van der Waals surface area (Å²) in [6.45, 7) is 1.65. The van der Waals surface area contributed by atoms with Crippen LogP contribution in [0.2, 0.25) is 5.02 Å². The Morgan fingerprint density at radius 2 is 1.80 bits per heavy atom. The molecule has 1 atom stereocenters. The van der Waals surface area contributed by atoms with E-state index in [2.05, 4.69) is 5.32 Å². The molecule has 1 N–H and O–H groups in total. The summed E-state index contributed by atoms with van der Waals surface area (Å²) in [6, 6.07) is 10.9. The van der Waals surface area contributed by atoms with E-state index in [-0.39, 0.29) is 12.1 Å². The Morgan fingerprint density at radius 1 is 1.20 bits per heavy atom. The van der Waals surface area contributed by atoms with E-state index in [4.69, 9.17) is 11.6 Å². The first-order valence-electron chi connectivity index (χ1n) is 7.55. The zero-order valence-electron chi connectivity index (χ0n) is 13.7. The second-order valence-electron chi connectivity index (χ2n) is 5.40. The van der Waals surface area contributed by atoms with Crippen LogP contribution in [0, 0.1) is 5.82 Å². The molecule has 8 heteroatoms. The highest BCUT2D eigenvalue weighted by Crippen LogP contribution is 2.27. The first-order chi connectivity index (χ1) is 11.8. The number of amides is 1. The first-order valence-corrected chi connectivity index (χ1v) is 9.77. The molecule has 0 heterocycles. The monoisotopic (exact) mass is 384 g/mol. The molecular formula is C17H18ClFN2O3S. The number of anilines is 2. The summed E-state index contributed by atoms with van der Waals surface area (Å²) in [6.07, 6.45) is 1.09. The molecule has 0 unspecified atom stereocenters. The van der Waals surface area contributed by atoms with Gasteiger partial charge in [0.1, 0.15) is 11.9 Å². The van der Waals surface area contributed by atoms with Gasteiger partial charge < -0.3 is 5.32 Å². The number of nitrogens with zero attached hydrogens (tertiary/aromatic N) is 1. The third kappa shape index (κ3) is 4.49. The fourth-order valence-electron chi connectivity index (χ4n) is 2.44. The third-order valence-electron chi connectivity index (χ3n) is 3.55. The van der Waals surface area contributed by atoms with E-state index in [0.717, 1.165) is 16.6 Å². The van der Waals surface area contributed by atoms with Gasteiger partial charge in [0.2, 0.25) is 15.9 Å². The van der Waals surface area contributed by atoms with Gasteiger partial charge in [-0.3, -0.25) is 9.10 Å². The smallest absolute Gasteiger partial charge is 0.248 e. The Bertz CT molecular complexity index is 874. The number of nitrogens with one attached hydrogen (secondary N) is 1. The summed E-state index contributed by atoms with van der Waals surface area (Å²) in [4.78, 5) is 12.7. The van der Waals surface area contributed by atoms with Crippen molar-refractivity contribution in [2.45, 2.75) is 19.4 Å². The zero-order chi connectivity index (χ0) is 18.6. The number of halogens is 2. The second-order valence-corrected chi connectivity index (χ2v) is 7.67. The minimum absolute atomic E-state index is 0.150. The highest BCUT2D eigenvalue weighted by atomic mass is 35.5. The van der Waals surface area contributed by atoms with E-state index in [0.29, 0.717) is 10.7 Å². The summed E-state index contributed by atoms with van der Waals surface area (Å²) in [5.41, 5.74) is 0.181. The van der Waals surface area contributed by atoms with Crippen LogP contribution in [0.3, 0.4) is 0 Å². The largest absolute Gasteiger partial charge is 0.323 e. The van der Waals surface area contributed by atoms with Crippen molar-refractivity contribution in [1.82, 2.24) is 0 Å². The normalized spacial score (nSPS) is 12.5. The minimum Gasteiger partial charge on any atom is -0.323 e. The number of para-hydroxylation sites is 2. The number of sulfonamides is 1. The van der Waals surface area contributed by atoms with Crippen LogP contribution in [-0.2, 0) is 14.8 Å². The molecule has 0 fully saturated rings. The molecular weight excluding hydrogens is 367 g/mol. The number of carbonyl (C=O) groups is 1. The van der Waals surface area contributed by atoms with E-state index in [9.17, 15) is 17.6 Å². The van der Waals surface area contributed by atoms with Crippen LogP contribution in [-0.4, -0.2) is 26.6 Å². The van der Waals surface area contributed by atoms with Crippen LogP contribution in [0.15, 0.2) is 48.5 Å². The Morgan fingerprint density at radius 3 is 2.36 bits per heavy atom. The van der Waals surface area contributed by atoms with E-state index in [1.165, 1.54) is 18.2 Å². The van der Waals surface area contributed by atoms with Gasteiger partial charge in [-0.1, -0.05) is 42.8 Å². The van der Waals surface area contributed by atoms with E-state index < -0.39 is 27.8 Å². The van der Waals surface area contributed by atoms with Crippen LogP contribution >= 0.6 is 11.6 Å². The minimum atomic E-state index is -3.90. The van der Waals surface area contributed by atoms with Crippen molar-refractivity contribution in [3.63, 3.8) is 0 Å². The average Bonchev–Trinajstić information content (AvgIpc) is 2.54. The lowest BCUT2D eigenvalue weighted by molar-refractivity contribution is -0.117. The van der Waals surface area contributed by atoms with Gasteiger partial charge in [0.05, 0.1) is 22.7 Å². The fraction of sp³-hybridized carbons (Fsp3) is 0.235. The molecule has 2 aromatic rings. The topological polar surface area (TPSA) is 66.5 Å². The van der Waals surface area contributed by atoms with Crippen LogP contribution < -0.4 is 9.62 Å². The van der Waals surface area contributed by atoms with Crippen molar-refractivity contribution < 1.29 is 17.6 Å². The lowest BCUT2D eigenvalue weighted by atomic mass is 10.1. The van der Waals surface area contributed by atoms with E-state index >= 15 is 0 Å². The number of carbonyl (C=O) groups excluding carboxylic acids is 1. The molecule has 0 aliphatic heterocycles. The Hall–Kier alpha value is -2.12. The van der Waals surface area contributed by atoms with Crippen molar-refractivity contribution >= 4 is 38.9 Å². The molecule has 0 aromatic heterocycles. The lowest BCUT2D eigenvalue weighted by Gasteiger charge is -2.30. The van der Waals surface area contributed by atoms with Gasteiger partial charge >= 0.3 is 0 Å². The van der Waals surface area contributed by atoms with Crippen LogP contribution in [0.1, 0.15) is 13.3 Å². The summed E-state index contributed by atoms with van der Waals surface area (Å²) in [5, 5.41) is 2.93. The first kappa shape index (κ1) is 19.2. The van der Waals surface area contributed by atoms with Crippen LogP contribution in [0.5, 0.6) is 0 Å².